The third kappa shape index (κ3) is 4.77. The van der Waals surface area contributed by atoms with E-state index in [-0.39, 0.29) is 11.7 Å². The molecule has 1 aliphatic rings. The number of ether oxygens (including phenoxy) is 1. The van der Waals surface area contributed by atoms with Crippen molar-refractivity contribution in [3.05, 3.63) is 35.6 Å². The molecule has 1 N–H and O–H groups in total. The zero-order valence-corrected chi connectivity index (χ0v) is 14.8. The molecule has 0 spiro atoms. The first-order valence-corrected chi connectivity index (χ1v) is 8.85. The van der Waals surface area contributed by atoms with Crippen molar-refractivity contribution in [2.75, 3.05) is 39.9 Å². The van der Waals surface area contributed by atoms with Crippen molar-refractivity contribution < 1.29 is 13.9 Å². The standard InChI is InChI=1S/C19H29FN2O2/c1-3-12-22(13-7-16-5-4-6-17(20)14-16)18(23)19(15-24-2)8-10-21-11-9-19/h4-6,14,21H,3,7-13,15H2,1-2H3. The second kappa shape index (κ2) is 9.14. The van der Waals surface area contributed by atoms with E-state index in [1.807, 2.05) is 11.0 Å². The zero-order valence-electron chi connectivity index (χ0n) is 14.8. The number of nitrogens with zero attached hydrogens (tertiary/aromatic N) is 1. The van der Waals surface area contributed by atoms with Gasteiger partial charge in [0.2, 0.25) is 5.91 Å². The van der Waals surface area contributed by atoms with E-state index < -0.39 is 5.41 Å². The van der Waals surface area contributed by atoms with E-state index in [0.717, 1.165) is 44.5 Å². The molecule has 134 valence electrons. The van der Waals surface area contributed by atoms with Crippen LogP contribution in [0.25, 0.3) is 0 Å². The average Bonchev–Trinajstić information content (AvgIpc) is 2.59. The number of carbonyl (C=O) groups excluding carboxylic acids is 1. The number of methoxy groups -OCH3 is 1. The number of hydrogen-bond acceptors (Lipinski definition) is 3. The lowest BCUT2D eigenvalue weighted by molar-refractivity contribution is -0.147. The molecule has 4 nitrogen and oxygen atoms in total. The summed E-state index contributed by atoms with van der Waals surface area (Å²) >= 11 is 0. The third-order valence-electron chi connectivity index (χ3n) is 4.78. The number of benzene rings is 1. The van der Waals surface area contributed by atoms with Crippen molar-refractivity contribution in [1.82, 2.24) is 10.2 Å². The molecule has 1 heterocycles. The van der Waals surface area contributed by atoms with Gasteiger partial charge in [-0.05, 0) is 56.5 Å². The first-order chi connectivity index (χ1) is 11.6. The molecule has 1 amide bonds. The van der Waals surface area contributed by atoms with Gasteiger partial charge in [0.05, 0.1) is 12.0 Å². The highest BCUT2D eigenvalue weighted by Crippen LogP contribution is 2.32. The maximum atomic E-state index is 13.3. The quantitative estimate of drug-likeness (QED) is 0.793. The van der Waals surface area contributed by atoms with Crippen LogP contribution in [0.1, 0.15) is 31.7 Å². The molecule has 24 heavy (non-hydrogen) atoms. The van der Waals surface area contributed by atoms with Gasteiger partial charge in [0.15, 0.2) is 0 Å². The predicted octanol–water partition coefficient (Wildman–Crippen LogP) is 2.62. The van der Waals surface area contributed by atoms with Crippen LogP contribution in [-0.2, 0) is 16.0 Å². The van der Waals surface area contributed by atoms with E-state index in [4.69, 9.17) is 4.74 Å². The molecule has 1 saturated heterocycles. The van der Waals surface area contributed by atoms with Crippen LogP contribution in [0, 0.1) is 11.2 Å². The Morgan fingerprint density at radius 3 is 2.71 bits per heavy atom. The molecule has 0 radical (unpaired) electrons. The van der Waals surface area contributed by atoms with Crippen LogP contribution in [0.4, 0.5) is 4.39 Å². The van der Waals surface area contributed by atoms with Gasteiger partial charge in [0.1, 0.15) is 5.82 Å². The fourth-order valence-electron chi connectivity index (χ4n) is 3.48. The number of nitrogens with one attached hydrogen (secondary N) is 1. The Morgan fingerprint density at radius 2 is 2.08 bits per heavy atom. The minimum atomic E-state index is -0.420. The highest BCUT2D eigenvalue weighted by Gasteiger charge is 2.41. The third-order valence-corrected chi connectivity index (χ3v) is 4.78. The number of carbonyl (C=O) groups is 1. The van der Waals surface area contributed by atoms with Gasteiger partial charge in [0, 0.05) is 20.2 Å². The molecule has 1 aromatic rings. The van der Waals surface area contributed by atoms with E-state index >= 15 is 0 Å². The van der Waals surface area contributed by atoms with Crippen LogP contribution >= 0.6 is 0 Å². The van der Waals surface area contributed by atoms with Gasteiger partial charge < -0.3 is 15.0 Å². The normalized spacial score (nSPS) is 16.8. The highest BCUT2D eigenvalue weighted by atomic mass is 19.1. The molecule has 0 bridgehead atoms. The summed E-state index contributed by atoms with van der Waals surface area (Å²) in [4.78, 5) is 15.2. The molecule has 0 atom stereocenters. The zero-order chi connectivity index (χ0) is 17.4. The van der Waals surface area contributed by atoms with Crippen molar-refractivity contribution in [2.45, 2.75) is 32.6 Å². The summed E-state index contributed by atoms with van der Waals surface area (Å²) in [7, 11) is 1.66. The average molecular weight is 336 g/mol. The minimum absolute atomic E-state index is 0.184. The first kappa shape index (κ1) is 18.9. The molecule has 1 fully saturated rings. The molecule has 0 saturated carbocycles. The Balaban J connectivity index is 2.08. The summed E-state index contributed by atoms with van der Waals surface area (Å²) in [6, 6.07) is 6.62. The first-order valence-electron chi connectivity index (χ1n) is 8.85. The highest BCUT2D eigenvalue weighted by molar-refractivity contribution is 5.83. The SMILES string of the molecule is CCCN(CCc1cccc(F)c1)C(=O)C1(COC)CCNCC1. The van der Waals surface area contributed by atoms with Crippen molar-refractivity contribution >= 4 is 5.91 Å². The summed E-state index contributed by atoms with van der Waals surface area (Å²) in [5.74, 6) is -0.0424. The van der Waals surface area contributed by atoms with Gasteiger partial charge >= 0.3 is 0 Å². The van der Waals surface area contributed by atoms with Gasteiger partial charge in [-0.3, -0.25) is 4.79 Å². The molecule has 2 rings (SSSR count). The maximum Gasteiger partial charge on any atom is 0.231 e. The largest absolute Gasteiger partial charge is 0.384 e. The van der Waals surface area contributed by atoms with Gasteiger partial charge in [-0.25, -0.2) is 4.39 Å². The molecule has 0 unspecified atom stereocenters. The lowest BCUT2D eigenvalue weighted by atomic mass is 9.78. The minimum Gasteiger partial charge on any atom is -0.384 e. The Kier molecular flexibility index (Phi) is 7.18. The molecule has 0 aromatic heterocycles. The monoisotopic (exact) mass is 336 g/mol. The van der Waals surface area contributed by atoms with Crippen LogP contribution in [-0.4, -0.2) is 50.7 Å². The predicted molar refractivity (Wildman–Crippen MR) is 93.4 cm³/mol. The lowest BCUT2D eigenvalue weighted by Crippen LogP contribution is -2.52. The number of rotatable bonds is 8. The molecule has 1 aromatic carbocycles. The number of amides is 1. The molecular formula is C19H29FN2O2. The Morgan fingerprint density at radius 1 is 1.33 bits per heavy atom. The summed E-state index contributed by atoms with van der Waals surface area (Å²) in [6.45, 7) is 5.58. The number of piperidine rings is 1. The number of halogens is 1. The van der Waals surface area contributed by atoms with Gasteiger partial charge in [0.25, 0.3) is 0 Å². The van der Waals surface area contributed by atoms with Crippen molar-refractivity contribution in [3.63, 3.8) is 0 Å². The van der Waals surface area contributed by atoms with Crippen molar-refractivity contribution in [1.29, 1.82) is 0 Å². The van der Waals surface area contributed by atoms with E-state index in [1.165, 1.54) is 6.07 Å². The Hall–Kier alpha value is -1.46. The lowest BCUT2D eigenvalue weighted by Gasteiger charge is -2.39. The van der Waals surface area contributed by atoms with Crippen LogP contribution in [0.2, 0.25) is 0 Å². The molecule has 5 heteroatoms. The maximum absolute atomic E-state index is 13.3. The fourth-order valence-corrected chi connectivity index (χ4v) is 3.48. The topological polar surface area (TPSA) is 41.6 Å². The van der Waals surface area contributed by atoms with E-state index in [0.29, 0.717) is 19.6 Å². The van der Waals surface area contributed by atoms with Gasteiger partial charge in [-0.1, -0.05) is 19.1 Å². The number of hydrogen-bond donors (Lipinski definition) is 1. The summed E-state index contributed by atoms with van der Waals surface area (Å²) in [6.07, 6.45) is 3.20. The molecular weight excluding hydrogens is 307 g/mol. The van der Waals surface area contributed by atoms with Crippen LogP contribution < -0.4 is 5.32 Å². The Bertz CT molecular complexity index is 524. The second-order valence-corrected chi connectivity index (χ2v) is 6.64. The van der Waals surface area contributed by atoms with E-state index in [9.17, 15) is 9.18 Å². The van der Waals surface area contributed by atoms with E-state index in [2.05, 4.69) is 12.2 Å². The second-order valence-electron chi connectivity index (χ2n) is 6.64. The summed E-state index contributed by atoms with van der Waals surface area (Å²) in [5.41, 5.74) is 0.506. The van der Waals surface area contributed by atoms with Crippen LogP contribution in [0.3, 0.4) is 0 Å². The van der Waals surface area contributed by atoms with Crippen molar-refractivity contribution in [3.8, 4) is 0 Å². The van der Waals surface area contributed by atoms with Crippen molar-refractivity contribution in [2.24, 2.45) is 5.41 Å². The van der Waals surface area contributed by atoms with Gasteiger partial charge in [-0.15, -0.1) is 0 Å². The van der Waals surface area contributed by atoms with Gasteiger partial charge in [-0.2, -0.15) is 0 Å². The smallest absolute Gasteiger partial charge is 0.231 e. The van der Waals surface area contributed by atoms with E-state index in [1.54, 1.807) is 19.2 Å². The fraction of sp³-hybridized carbons (Fsp3) is 0.632. The van der Waals surface area contributed by atoms with Crippen LogP contribution in [0.5, 0.6) is 0 Å². The summed E-state index contributed by atoms with van der Waals surface area (Å²) in [5, 5.41) is 3.32. The molecule has 0 aliphatic carbocycles. The molecule has 1 aliphatic heterocycles. The van der Waals surface area contributed by atoms with Crippen LogP contribution in [0.15, 0.2) is 24.3 Å². The Labute approximate surface area is 144 Å². The summed E-state index contributed by atoms with van der Waals surface area (Å²) < 4.78 is 18.7.